The predicted octanol–water partition coefficient (Wildman–Crippen LogP) is 0.915. The topological polar surface area (TPSA) is 58.1 Å². The van der Waals surface area contributed by atoms with E-state index in [-0.39, 0.29) is 29.4 Å². The number of rotatable bonds is 4. The van der Waals surface area contributed by atoms with E-state index in [2.05, 4.69) is 34.4 Å². The van der Waals surface area contributed by atoms with Gasteiger partial charge in [-0.25, -0.2) is 0 Å². The van der Waals surface area contributed by atoms with Crippen molar-refractivity contribution in [3.63, 3.8) is 0 Å². The van der Waals surface area contributed by atoms with Gasteiger partial charge in [0.2, 0.25) is 0 Å². The summed E-state index contributed by atoms with van der Waals surface area (Å²) < 4.78 is 11.2. The molecule has 0 aromatic heterocycles. The van der Waals surface area contributed by atoms with Crippen molar-refractivity contribution >= 4 is 29.9 Å². The summed E-state index contributed by atoms with van der Waals surface area (Å²) >= 11 is 0. The quantitative estimate of drug-likeness (QED) is 0.389. The molecule has 3 atom stereocenters. The fourth-order valence-corrected chi connectivity index (χ4v) is 4.12. The van der Waals surface area contributed by atoms with Gasteiger partial charge >= 0.3 is 0 Å². The minimum absolute atomic E-state index is 0. The monoisotopic (exact) mass is 438 g/mol. The zero-order valence-electron chi connectivity index (χ0n) is 14.5. The van der Waals surface area contributed by atoms with Crippen LogP contribution in [0.2, 0.25) is 0 Å². The molecule has 2 saturated heterocycles. The molecule has 3 unspecified atom stereocenters. The number of guanidine groups is 1. The summed E-state index contributed by atoms with van der Waals surface area (Å²) in [5, 5.41) is 7.07. The summed E-state index contributed by atoms with van der Waals surface area (Å²) in [5.74, 6) is 1.55. The fourth-order valence-electron chi connectivity index (χ4n) is 4.12. The molecule has 1 aliphatic carbocycles. The Balaban J connectivity index is 0.00000192. The number of hydrogen-bond acceptors (Lipinski definition) is 4. The highest BCUT2D eigenvalue weighted by molar-refractivity contribution is 14.0. The molecule has 134 valence electrons. The number of nitrogens with one attached hydrogen (secondary N) is 2. The first-order chi connectivity index (χ1) is 10.6. The molecule has 2 aliphatic heterocycles. The minimum atomic E-state index is 0. The van der Waals surface area contributed by atoms with Gasteiger partial charge in [-0.05, 0) is 6.42 Å². The van der Waals surface area contributed by atoms with Crippen molar-refractivity contribution in [1.29, 1.82) is 0 Å². The second-order valence-corrected chi connectivity index (χ2v) is 7.14. The molecule has 0 bridgehead atoms. The van der Waals surface area contributed by atoms with Crippen LogP contribution in [0.5, 0.6) is 0 Å². The highest BCUT2D eigenvalue weighted by Gasteiger charge is 2.59. The lowest BCUT2D eigenvalue weighted by Gasteiger charge is -2.54. The highest BCUT2D eigenvalue weighted by Crippen LogP contribution is 2.51. The molecule has 3 fully saturated rings. The van der Waals surface area contributed by atoms with Crippen molar-refractivity contribution in [1.82, 2.24) is 15.5 Å². The zero-order valence-corrected chi connectivity index (χ0v) is 16.8. The minimum Gasteiger partial charge on any atom is -0.379 e. The van der Waals surface area contributed by atoms with Crippen molar-refractivity contribution in [2.45, 2.75) is 32.4 Å². The molecule has 2 N–H and O–H groups in total. The summed E-state index contributed by atoms with van der Waals surface area (Å²) in [7, 11) is 1.85. The zero-order chi connectivity index (χ0) is 15.6. The number of halogens is 1. The smallest absolute Gasteiger partial charge is 0.191 e. The Kier molecular flexibility index (Phi) is 6.94. The lowest BCUT2D eigenvalue weighted by atomic mass is 9.57. The van der Waals surface area contributed by atoms with Gasteiger partial charge in [-0.3, -0.25) is 9.89 Å². The van der Waals surface area contributed by atoms with Crippen LogP contribution in [-0.2, 0) is 9.47 Å². The molecule has 7 heteroatoms. The van der Waals surface area contributed by atoms with E-state index in [9.17, 15) is 0 Å². The molecular formula is C16H31IN4O2. The summed E-state index contributed by atoms with van der Waals surface area (Å²) in [6.07, 6.45) is 1.58. The van der Waals surface area contributed by atoms with Crippen molar-refractivity contribution in [3.8, 4) is 0 Å². The molecule has 23 heavy (non-hydrogen) atoms. The summed E-state index contributed by atoms with van der Waals surface area (Å²) in [6, 6.07) is 0.453. The largest absolute Gasteiger partial charge is 0.379 e. The predicted molar refractivity (Wildman–Crippen MR) is 103 cm³/mol. The standard InChI is InChI=1S/C16H30N4O2.HI/c1-16(2)13(12-4-9-22-14(12)16)19-15(17-3)18-5-6-20-7-10-21-11-8-20;/h12-14H,4-11H2,1-3H3,(H2,17,18,19);1H. The number of fused-ring (bicyclic) bond motifs is 1. The summed E-state index contributed by atoms with van der Waals surface area (Å²) in [6.45, 7) is 11.2. The molecule has 0 aromatic rings. The molecule has 6 nitrogen and oxygen atoms in total. The number of aliphatic imine (C=N–C) groups is 1. The summed E-state index contributed by atoms with van der Waals surface area (Å²) in [4.78, 5) is 6.81. The van der Waals surface area contributed by atoms with Crippen molar-refractivity contribution in [2.75, 3.05) is 53.0 Å². The maximum absolute atomic E-state index is 5.85. The van der Waals surface area contributed by atoms with Crippen LogP contribution in [0.1, 0.15) is 20.3 Å². The highest BCUT2D eigenvalue weighted by atomic mass is 127. The first kappa shape index (κ1) is 19.2. The molecule has 3 rings (SSSR count). The number of ether oxygens (including phenoxy) is 2. The molecular weight excluding hydrogens is 407 g/mol. The van der Waals surface area contributed by atoms with E-state index < -0.39 is 0 Å². The lowest BCUT2D eigenvalue weighted by Crippen LogP contribution is -2.68. The van der Waals surface area contributed by atoms with E-state index in [0.29, 0.717) is 18.1 Å². The van der Waals surface area contributed by atoms with Crippen LogP contribution in [0, 0.1) is 11.3 Å². The van der Waals surface area contributed by atoms with Crippen LogP contribution in [0.15, 0.2) is 4.99 Å². The van der Waals surface area contributed by atoms with E-state index in [4.69, 9.17) is 9.47 Å². The maximum atomic E-state index is 5.85. The van der Waals surface area contributed by atoms with Crippen LogP contribution in [0.25, 0.3) is 0 Å². The summed E-state index contributed by atoms with van der Waals surface area (Å²) in [5.41, 5.74) is 0.184. The van der Waals surface area contributed by atoms with Gasteiger partial charge in [-0.15, -0.1) is 24.0 Å². The fraction of sp³-hybridized carbons (Fsp3) is 0.938. The first-order valence-corrected chi connectivity index (χ1v) is 8.52. The van der Waals surface area contributed by atoms with Crippen LogP contribution >= 0.6 is 24.0 Å². The molecule has 0 radical (unpaired) electrons. The third kappa shape index (κ3) is 4.11. The molecule has 0 aromatic carbocycles. The van der Waals surface area contributed by atoms with Gasteiger partial charge in [0.1, 0.15) is 0 Å². The Labute approximate surface area is 156 Å². The Bertz CT molecular complexity index is 413. The SMILES string of the molecule is CN=C(NCCN1CCOCC1)NC1C2CCOC2C1(C)C.I. The third-order valence-electron chi connectivity index (χ3n) is 5.44. The molecule has 1 saturated carbocycles. The van der Waals surface area contributed by atoms with Gasteiger partial charge in [-0.2, -0.15) is 0 Å². The van der Waals surface area contributed by atoms with E-state index in [1.54, 1.807) is 0 Å². The lowest BCUT2D eigenvalue weighted by molar-refractivity contribution is -0.106. The Morgan fingerprint density at radius 2 is 2.00 bits per heavy atom. The van der Waals surface area contributed by atoms with Gasteiger partial charge in [0.15, 0.2) is 5.96 Å². The average Bonchev–Trinajstić information content (AvgIpc) is 2.98. The van der Waals surface area contributed by atoms with Crippen molar-refractivity contribution < 1.29 is 9.47 Å². The first-order valence-electron chi connectivity index (χ1n) is 8.52. The molecule has 0 amide bonds. The Hall–Kier alpha value is -0.120. The normalized spacial score (nSPS) is 33.3. The Morgan fingerprint density at radius 3 is 2.70 bits per heavy atom. The number of morpholine rings is 1. The van der Waals surface area contributed by atoms with Crippen LogP contribution in [-0.4, -0.2) is 76.1 Å². The van der Waals surface area contributed by atoms with E-state index in [1.165, 1.54) is 0 Å². The molecule has 3 aliphatic rings. The van der Waals surface area contributed by atoms with Crippen molar-refractivity contribution in [2.24, 2.45) is 16.3 Å². The van der Waals surface area contributed by atoms with Crippen molar-refractivity contribution in [3.05, 3.63) is 0 Å². The van der Waals surface area contributed by atoms with Crippen LogP contribution in [0.4, 0.5) is 0 Å². The number of hydrogen-bond donors (Lipinski definition) is 2. The van der Waals surface area contributed by atoms with Gasteiger partial charge in [-0.1, -0.05) is 13.8 Å². The van der Waals surface area contributed by atoms with E-state index in [0.717, 1.165) is 58.4 Å². The second kappa shape index (κ2) is 8.31. The van der Waals surface area contributed by atoms with Gasteiger partial charge in [0.25, 0.3) is 0 Å². The second-order valence-electron chi connectivity index (χ2n) is 7.14. The third-order valence-corrected chi connectivity index (χ3v) is 5.44. The van der Waals surface area contributed by atoms with E-state index >= 15 is 0 Å². The molecule has 0 spiro atoms. The average molecular weight is 438 g/mol. The van der Waals surface area contributed by atoms with Crippen LogP contribution < -0.4 is 10.6 Å². The van der Waals surface area contributed by atoms with Gasteiger partial charge in [0.05, 0.1) is 19.3 Å². The van der Waals surface area contributed by atoms with Gasteiger partial charge < -0.3 is 20.1 Å². The Morgan fingerprint density at radius 1 is 1.26 bits per heavy atom. The number of nitrogens with zero attached hydrogens (tertiary/aromatic N) is 2. The maximum Gasteiger partial charge on any atom is 0.191 e. The van der Waals surface area contributed by atoms with Gasteiger partial charge in [0, 0.05) is 57.2 Å². The molecule has 2 heterocycles. The van der Waals surface area contributed by atoms with E-state index in [1.807, 2.05) is 7.05 Å². The van der Waals surface area contributed by atoms with Crippen LogP contribution in [0.3, 0.4) is 0 Å².